The van der Waals surface area contributed by atoms with Crippen LogP contribution in [0.1, 0.15) is 26.2 Å². The Morgan fingerprint density at radius 1 is 1.55 bits per heavy atom. The Morgan fingerprint density at radius 3 is 2.73 bits per heavy atom. The second kappa shape index (κ2) is 5.04. The Balaban J connectivity index is 2.08. The van der Waals surface area contributed by atoms with Crippen molar-refractivity contribution in [3.05, 3.63) is 0 Å². The first-order valence-corrected chi connectivity index (χ1v) is 5.98. The summed E-state index contributed by atoms with van der Waals surface area (Å²) in [5.41, 5.74) is 0. The minimum absolute atomic E-state index is 0.780. The summed E-state index contributed by atoms with van der Waals surface area (Å²) in [6.45, 7) is 3.32. The van der Waals surface area contributed by atoms with E-state index in [2.05, 4.69) is 18.5 Å². The summed E-state index contributed by atoms with van der Waals surface area (Å²) in [4.78, 5) is 0. The first kappa shape index (κ1) is 9.40. The molecule has 0 aromatic carbocycles. The van der Waals surface area contributed by atoms with Crippen LogP contribution in [0.2, 0.25) is 0 Å². The van der Waals surface area contributed by atoms with E-state index in [1.54, 1.807) is 0 Å². The lowest BCUT2D eigenvalue weighted by atomic mass is 10.1. The highest BCUT2D eigenvalue weighted by Gasteiger charge is 2.24. The van der Waals surface area contributed by atoms with E-state index in [4.69, 9.17) is 0 Å². The molecule has 66 valence electrons. The molecular formula is C9H19NS. The molecule has 0 radical (unpaired) electrons. The SMILES string of the molecule is CCNC(CSC)CC1CC1. The highest BCUT2D eigenvalue weighted by Crippen LogP contribution is 2.33. The van der Waals surface area contributed by atoms with Gasteiger partial charge in [-0.1, -0.05) is 19.8 Å². The lowest BCUT2D eigenvalue weighted by Crippen LogP contribution is -2.31. The van der Waals surface area contributed by atoms with Gasteiger partial charge in [0.05, 0.1) is 0 Å². The Bertz CT molecular complexity index is 95.7. The Labute approximate surface area is 74.3 Å². The highest BCUT2D eigenvalue weighted by atomic mass is 32.2. The van der Waals surface area contributed by atoms with Gasteiger partial charge in [-0.3, -0.25) is 0 Å². The van der Waals surface area contributed by atoms with Gasteiger partial charge in [-0.2, -0.15) is 11.8 Å². The second-order valence-corrected chi connectivity index (χ2v) is 4.30. The predicted molar refractivity (Wildman–Crippen MR) is 53.2 cm³/mol. The van der Waals surface area contributed by atoms with Crippen molar-refractivity contribution in [2.45, 2.75) is 32.2 Å². The van der Waals surface area contributed by atoms with Crippen LogP contribution in [0.5, 0.6) is 0 Å². The average Bonchev–Trinajstić information content (AvgIpc) is 2.73. The number of nitrogens with one attached hydrogen (secondary N) is 1. The number of hydrogen-bond donors (Lipinski definition) is 1. The first-order chi connectivity index (χ1) is 5.36. The molecule has 1 aliphatic rings. The fraction of sp³-hybridized carbons (Fsp3) is 1.00. The molecular weight excluding hydrogens is 154 g/mol. The van der Waals surface area contributed by atoms with Gasteiger partial charge in [-0.25, -0.2) is 0 Å². The topological polar surface area (TPSA) is 12.0 Å². The van der Waals surface area contributed by atoms with E-state index in [-0.39, 0.29) is 0 Å². The van der Waals surface area contributed by atoms with E-state index in [1.807, 2.05) is 11.8 Å². The Kier molecular flexibility index (Phi) is 4.31. The Morgan fingerprint density at radius 2 is 2.27 bits per heavy atom. The highest BCUT2D eigenvalue weighted by molar-refractivity contribution is 7.98. The predicted octanol–water partition coefficient (Wildman–Crippen LogP) is 2.13. The van der Waals surface area contributed by atoms with E-state index in [1.165, 1.54) is 25.0 Å². The van der Waals surface area contributed by atoms with Crippen LogP contribution in [-0.4, -0.2) is 24.6 Å². The minimum Gasteiger partial charge on any atom is -0.313 e. The summed E-state index contributed by atoms with van der Waals surface area (Å²) in [5, 5.41) is 3.53. The van der Waals surface area contributed by atoms with E-state index in [9.17, 15) is 0 Å². The summed E-state index contributed by atoms with van der Waals surface area (Å²) in [5.74, 6) is 2.34. The van der Waals surface area contributed by atoms with Gasteiger partial charge < -0.3 is 5.32 Å². The maximum Gasteiger partial charge on any atom is 0.0160 e. The quantitative estimate of drug-likeness (QED) is 0.660. The molecule has 0 heterocycles. The zero-order valence-corrected chi connectivity index (χ0v) is 8.41. The lowest BCUT2D eigenvalue weighted by Gasteiger charge is -2.15. The van der Waals surface area contributed by atoms with E-state index in [0.717, 1.165) is 18.5 Å². The third kappa shape index (κ3) is 4.02. The number of hydrogen-bond acceptors (Lipinski definition) is 2. The van der Waals surface area contributed by atoms with Crippen molar-refractivity contribution in [1.29, 1.82) is 0 Å². The van der Waals surface area contributed by atoms with Crippen LogP contribution in [0.4, 0.5) is 0 Å². The number of rotatable bonds is 6. The van der Waals surface area contributed by atoms with Gasteiger partial charge >= 0.3 is 0 Å². The van der Waals surface area contributed by atoms with Crippen molar-refractivity contribution < 1.29 is 0 Å². The van der Waals surface area contributed by atoms with Crippen molar-refractivity contribution in [1.82, 2.24) is 5.32 Å². The molecule has 1 saturated carbocycles. The molecule has 1 aliphatic carbocycles. The molecule has 0 aromatic heterocycles. The maximum absolute atomic E-state index is 3.53. The molecule has 0 spiro atoms. The molecule has 1 fully saturated rings. The van der Waals surface area contributed by atoms with E-state index >= 15 is 0 Å². The third-order valence-corrected chi connectivity index (χ3v) is 2.91. The zero-order valence-electron chi connectivity index (χ0n) is 7.60. The van der Waals surface area contributed by atoms with Gasteiger partial charge in [-0.05, 0) is 25.1 Å². The van der Waals surface area contributed by atoms with Crippen LogP contribution < -0.4 is 5.32 Å². The molecule has 1 nitrogen and oxygen atoms in total. The molecule has 1 rings (SSSR count). The normalized spacial score (nSPS) is 20.2. The second-order valence-electron chi connectivity index (χ2n) is 3.39. The first-order valence-electron chi connectivity index (χ1n) is 4.59. The fourth-order valence-electron chi connectivity index (χ4n) is 1.46. The molecule has 1 N–H and O–H groups in total. The molecule has 2 heteroatoms. The van der Waals surface area contributed by atoms with Gasteiger partial charge in [0.1, 0.15) is 0 Å². The fourth-order valence-corrected chi connectivity index (χ4v) is 2.11. The van der Waals surface area contributed by atoms with Crippen molar-refractivity contribution in [2.24, 2.45) is 5.92 Å². The van der Waals surface area contributed by atoms with Crippen LogP contribution in [0.25, 0.3) is 0 Å². The molecule has 0 bridgehead atoms. The smallest absolute Gasteiger partial charge is 0.0160 e. The largest absolute Gasteiger partial charge is 0.313 e. The van der Waals surface area contributed by atoms with Crippen LogP contribution >= 0.6 is 11.8 Å². The van der Waals surface area contributed by atoms with Crippen LogP contribution in [-0.2, 0) is 0 Å². The monoisotopic (exact) mass is 173 g/mol. The van der Waals surface area contributed by atoms with Gasteiger partial charge in [0, 0.05) is 11.8 Å². The van der Waals surface area contributed by atoms with Crippen LogP contribution in [0, 0.1) is 5.92 Å². The van der Waals surface area contributed by atoms with Gasteiger partial charge in [0.25, 0.3) is 0 Å². The molecule has 0 aromatic rings. The van der Waals surface area contributed by atoms with Crippen molar-refractivity contribution in [3.8, 4) is 0 Å². The molecule has 0 aliphatic heterocycles. The molecule has 1 unspecified atom stereocenters. The minimum atomic E-state index is 0.780. The summed E-state index contributed by atoms with van der Waals surface area (Å²) in [6.07, 6.45) is 6.57. The summed E-state index contributed by atoms with van der Waals surface area (Å²) in [7, 11) is 0. The van der Waals surface area contributed by atoms with Crippen molar-refractivity contribution in [3.63, 3.8) is 0 Å². The summed E-state index contributed by atoms with van der Waals surface area (Å²) >= 11 is 1.96. The summed E-state index contributed by atoms with van der Waals surface area (Å²) in [6, 6.07) is 0.780. The van der Waals surface area contributed by atoms with E-state index in [0.29, 0.717) is 0 Å². The molecule has 11 heavy (non-hydrogen) atoms. The van der Waals surface area contributed by atoms with Gasteiger partial charge in [0.15, 0.2) is 0 Å². The van der Waals surface area contributed by atoms with Crippen molar-refractivity contribution >= 4 is 11.8 Å². The standard InChI is InChI=1S/C9H19NS/c1-3-10-9(7-11-2)6-8-4-5-8/h8-10H,3-7H2,1-2H3. The maximum atomic E-state index is 3.53. The van der Waals surface area contributed by atoms with Crippen molar-refractivity contribution in [2.75, 3.05) is 18.6 Å². The molecule has 0 saturated heterocycles. The van der Waals surface area contributed by atoms with Gasteiger partial charge in [0.2, 0.25) is 0 Å². The average molecular weight is 173 g/mol. The zero-order chi connectivity index (χ0) is 8.10. The lowest BCUT2D eigenvalue weighted by molar-refractivity contribution is 0.508. The van der Waals surface area contributed by atoms with Crippen LogP contribution in [0.15, 0.2) is 0 Å². The molecule has 1 atom stereocenters. The Hall–Kier alpha value is 0.310. The van der Waals surface area contributed by atoms with Gasteiger partial charge in [-0.15, -0.1) is 0 Å². The van der Waals surface area contributed by atoms with E-state index < -0.39 is 0 Å². The van der Waals surface area contributed by atoms with Crippen LogP contribution in [0.3, 0.4) is 0 Å². The third-order valence-electron chi connectivity index (χ3n) is 2.18. The summed E-state index contributed by atoms with van der Waals surface area (Å²) < 4.78 is 0. The molecule has 0 amide bonds. The number of thioether (sulfide) groups is 1.